The Morgan fingerprint density at radius 3 is 2.52 bits per heavy atom. The molecule has 0 spiro atoms. The quantitative estimate of drug-likeness (QED) is 0.736. The predicted molar refractivity (Wildman–Crippen MR) is 93.1 cm³/mol. The van der Waals surface area contributed by atoms with E-state index in [1.807, 2.05) is 37.3 Å². The van der Waals surface area contributed by atoms with Gasteiger partial charge in [-0.15, -0.1) is 0 Å². The molecule has 1 aliphatic carbocycles. The Morgan fingerprint density at radius 1 is 1.22 bits per heavy atom. The molecule has 1 amide bonds. The van der Waals surface area contributed by atoms with Gasteiger partial charge in [0.25, 0.3) is 0 Å². The summed E-state index contributed by atoms with van der Waals surface area (Å²) in [4.78, 5) is 12.1. The van der Waals surface area contributed by atoms with Crippen LogP contribution in [0.3, 0.4) is 0 Å². The van der Waals surface area contributed by atoms with E-state index in [0.29, 0.717) is 25.2 Å². The van der Waals surface area contributed by atoms with E-state index < -0.39 is 0 Å². The molecule has 2 unspecified atom stereocenters. The molecule has 0 heterocycles. The van der Waals surface area contributed by atoms with Crippen molar-refractivity contribution < 1.29 is 9.53 Å². The van der Waals surface area contributed by atoms with Gasteiger partial charge in [-0.05, 0) is 31.7 Å². The highest BCUT2D eigenvalue weighted by Gasteiger charge is 2.52. The summed E-state index contributed by atoms with van der Waals surface area (Å²) < 4.78 is 5.88. The Bertz CT molecular complexity index is 485. The van der Waals surface area contributed by atoms with E-state index in [0.717, 1.165) is 31.4 Å². The predicted octanol–water partition coefficient (Wildman–Crippen LogP) is 2.88. The molecule has 4 heteroatoms. The summed E-state index contributed by atoms with van der Waals surface area (Å²) in [7, 11) is 0. The van der Waals surface area contributed by atoms with Gasteiger partial charge in [-0.2, -0.15) is 0 Å². The molecule has 0 aliphatic heterocycles. The van der Waals surface area contributed by atoms with Crippen molar-refractivity contribution >= 4 is 5.91 Å². The molecule has 128 valence electrons. The van der Waals surface area contributed by atoms with E-state index in [-0.39, 0.29) is 11.3 Å². The van der Waals surface area contributed by atoms with Crippen molar-refractivity contribution in [3.05, 3.63) is 35.9 Å². The summed E-state index contributed by atoms with van der Waals surface area (Å²) in [6, 6.07) is 10.4. The maximum absolute atomic E-state index is 12.1. The molecule has 0 radical (unpaired) electrons. The second-order valence-corrected chi connectivity index (χ2v) is 6.32. The van der Waals surface area contributed by atoms with Gasteiger partial charge in [0.15, 0.2) is 0 Å². The van der Waals surface area contributed by atoms with Gasteiger partial charge in [0, 0.05) is 24.6 Å². The molecule has 1 fully saturated rings. The molecular weight excluding hydrogens is 288 g/mol. The number of carbonyl (C=O) groups is 1. The minimum Gasteiger partial charge on any atom is -0.378 e. The van der Waals surface area contributed by atoms with Gasteiger partial charge < -0.3 is 15.4 Å². The van der Waals surface area contributed by atoms with Crippen LogP contribution in [-0.2, 0) is 16.1 Å². The van der Waals surface area contributed by atoms with E-state index >= 15 is 0 Å². The lowest BCUT2D eigenvalue weighted by Gasteiger charge is -2.55. The SMILES string of the molecule is CCOC1CC(NCC(=O)NCc2ccccc2)C1(CC)CC. The Morgan fingerprint density at radius 2 is 1.91 bits per heavy atom. The number of hydrogen-bond donors (Lipinski definition) is 2. The molecule has 0 saturated heterocycles. The first-order valence-corrected chi connectivity index (χ1v) is 8.81. The van der Waals surface area contributed by atoms with Crippen LogP contribution >= 0.6 is 0 Å². The Labute approximate surface area is 140 Å². The summed E-state index contributed by atoms with van der Waals surface area (Å²) in [5, 5.41) is 6.41. The van der Waals surface area contributed by atoms with E-state index in [2.05, 4.69) is 24.5 Å². The zero-order chi connectivity index (χ0) is 16.7. The smallest absolute Gasteiger partial charge is 0.234 e. The van der Waals surface area contributed by atoms with Gasteiger partial charge in [0.1, 0.15) is 0 Å². The molecule has 4 nitrogen and oxygen atoms in total. The van der Waals surface area contributed by atoms with E-state index in [4.69, 9.17) is 4.74 Å². The maximum atomic E-state index is 12.1. The molecule has 1 aromatic carbocycles. The van der Waals surface area contributed by atoms with Crippen molar-refractivity contribution in [2.45, 2.75) is 58.7 Å². The van der Waals surface area contributed by atoms with Crippen LogP contribution in [0, 0.1) is 5.41 Å². The van der Waals surface area contributed by atoms with Crippen molar-refractivity contribution in [1.29, 1.82) is 0 Å². The highest BCUT2D eigenvalue weighted by atomic mass is 16.5. The highest BCUT2D eigenvalue weighted by Crippen LogP contribution is 2.48. The van der Waals surface area contributed by atoms with Gasteiger partial charge in [0.05, 0.1) is 12.6 Å². The molecule has 23 heavy (non-hydrogen) atoms. The fraction of sp³-hybridized carbons (Fsp3) is 0.632. The molecule has 1 aliphatic rings. The van der Waals surface area contributed by atoms with Crippen LogP contribution in [0.1, 0.15) is 45.6 Å². The average Bonchev–Trinajstić information content (AvgIpc) is 2.57. The lowest BCUT2D eigenvalue weighted by atomic mass is 9.58. The van der Waals surface area contributed by atoms with Crippen LogP contribution in [0.5, 0.6) is 0 Å². The minimum atomic E-state index is 0.0508. The number of benzene rings is 1. The monoisotopic (exact) mass is 318 g/mol. The lowest BCUT2D eigenvalue weighted by Crippen LogP contribution is -2.64. The fourth-order valence-electron chi connectivity index (χ4n) is 3.74. The largest absolute Gasteiger partial charge is 0.378 e. The first-order chi connectivity index (χ1) is 11.2. The lowest BCUT2D eigenvalue weighted by molar-refractivity contribution is -0.140. The van der Waals surface area contributed by atoms with E-state index in [1.165, 1.54) is 0 Å². The van der Waals surface area contributed by atoms with Crippen LogP contribution in [0.15, 0.2) is 30.3 Å². The first-order valence-electron chi connectivity index (χ1n) is 8.81. The summed E-state index contributed by atoms with van der Waals surface area (Å²) in [6.07, 6.45) is 3.49. The number of amides is 1. The zero-order valence-corrected chi connectivity index (χ0v) is 14.6. The Balaban J connectivity index is 1.77. The number of hydrogen-bond acceptors (Lipinski definition) is 3. The third-order valence-corrected chi connectivity index (χ3v) is 5.31. The van der Waals surface area contributed by atoms with Crippen LogP contribution in [-0.4, -0.2) is 31.2 Å². The van der Waals surface area contributed by atoms with Crippen LogP contribution in [0.2, 0.25) is 0 Å². The summed E-state index contributed by atoms with van der Waals surface area (Å²) >= 11 is 0. The molecule has 1 saturated carbocycles. The van der Waals surface area contributed by atoms with Gasteiger partial charge >= 0.3 is 0 Å². The Hall–Kier alpha value is -1.39. The van der Waals surface area contributed by atoms with Crippen molar-refractivity contribution in [3.8, 4) is 0 Å². The molecule has 2 rings (SSSR count). The molecule has 1 aromatic rings. The Kier molecular flexibility index (Phi) is 6.60. The number of carbonyl (C=O) groups excluding carboxylic acids is 1. The maximum Gasteiger partial charge on any atom is 0.234 e. The molecule has 0 aromatic heterocycles. The second kappa shape index (κ2) is 8.46. The van der Waals surface area contributed by atoms with Crippen LogP contribution in [0.4, 0.5) is 0 Å². The number of ether oxygens (including phenoxy) is 1. The second-order valence-electron chi connectivity index (χ2n) is 6.32. The van der Waals surface area contributed by atoms with E-state index in [1.54, 1.807) is 0 Å². The standard InChI is InChI=1S/C19H30N2O2/c1-4-19(5-2)16(12-17(19)23-6-3)20-14-18(22)21-13-15-10-8-7-9-11-15/h7-11,16-17,20H,4-6,12-14H2,1-3H3,(H,21,22). The summed E-state index contributed by atoms with van der Waals surface area (Å²) in [5.74, 6) is 0.0508. The number of nitrogens with one attached hydrogen (secondary N) is 2. The summed E-state index contributed by atoms with van der Waals surface area (Å²) in [5.41, 5.74) is 1.30. The topological polar surface area (TPSA) is 50.4 Å². The molecular formula is C19H30N2O2. The highest BCUT2D eigenvalue weighted by molar-refractivity contribution is 5.78. The van der Waals surface area contributed by atoms with Gasteiger partial charge in [-0.25, -0.2) is 0 Å². The molecule has 2 atom stereocenters. The van der Waals surface area contributed by atoms with Gasteiger partial charge in [-0.3, -0.25) is 4.79 Å². The van der Waals surface area contributed by atoms with Crippen molar-refractivity contribution in [2.75, 3.05) is 13.2 Å². The third-order valence-electron chi connectivity index (χ3n) is 5.31. The van der Waals surface area contributed by atoms with Crippen molar-refractivity contribution in [2.24, 2.45) is 5.41 Å². The normalized spacial score (nSPS) is 22.4. The third kappa shape index (κ3) is 4.12. The minimum absolute atomic E-state index is 0.0508. The number of rotatable bonds is 9. The molecule has 0 bridgehead atoms. The van der Waals surface area contributed by atoms with Crippen LogP contribution < -0.4 is 10.6 Å². The average molecular weight is 318 g/mol. The summed E-state index contributed by atoms with van der Waals surface area (Å²) in [6.45, 7) is 8.21. The van der Waals surface area contributed by atoms with Crippen molar-refractivity contribution in [1.82, 2.24) is 10.6 Å². The van der Waals surface area contributed by atoms with Crippen LogP contribution in [0.25, 0.3) is 0 Å². The van der Waals surface area contributed by atoms with E-state index in [9.17, 15) is 4.79 Å². The van der Waals surface area contributed by atoms with Gasteiger partial charge in [-0.1, -0.05) is 44.2 Å². The molecule has 2 N–H and O–H groups in total. The first kappa shape index (κ1) is 18.0. The fourth-order valence-corrected chi connectivity index (χ4v) is 3.74. The zero-order valence-electron chi connectivity index (χ0n) is 14.6. The van der Waals surface area contributed by atoms with Crippen molar-refractivity contribution in [3.63, 3.8) is 0 Å². The van der Waals surface area contributed by atoms with Gasteiger partial charge in [0.2, 0.25) is 5.91 Å².